The fourth-order valence-corrected chi connectivity index (χ4v) is 3.16. The van der Waals surface area contributed by atoms with Gasteiger partial charge in [-0.25, -0.2) is 0 Å². The summed E-state index contributed by atoms with van der Waals surface area (Å²) >= 11 is 2.02. The Labute approximate surface area is 103 Å². The Hall–Kier alpha value is 0.230. The van der Waals surface area contributed by atoms with Crippen molar-refractivity contribution in [2.45, 2.75) is 56.4 Å². The molecular weight excluding hydrogens is 222 g/mol. The van der Waals surface area contributed by atoms with E-state index < -0.39 is 5.54 Å². The van der Waals surface area contributed by atoms with E-state index >= 15 is 0 Å². The maximum Gasteiger partial charge on any atom is 0.0666 e. The van der Waals surface area contributed by atoms with E-state index in [1.54, 1.807) is 0 Å². The molecule has 1 heterocycles. The molecule has 0 saturated carbocycles. The first-order valence-corrected chi connectivity index (χ1v) is 7.23. The number of hydrogen-bond acceptors (Lipinski definition) is 4. The molecule has 0 aliphatic carbocycles. The molecule has 16 heavy (non-hydrogen) atoms. The lowest BCUT2D eigenvalue weighted by atomic mass is 9.98. The normalized spacial score (nSPS) is 29.2. The number of aliphatic hydroxyl groups excluding tert-OH is 1. The zero-order valence-electron chi connectivity index (χ0n) is 10.4. The van der Waals surface area contributed by atoms with Crippen molar-refractivity contribution in [3.63, 3.8) is 0 Å². The van der Waals surface area contributed by atoms with Crippen molar-refractivity contribution in [1.29, 1.82) is 0 Å². The Morgan fingerprint density at radius 2 is 2.25 bits per heavy atom. The first-order chi connectivity index (χ1) is 7.55. The smallest absolute Gasteiger partial charge is 0.0666 e. The summed E-state index contributed by atoms with van der Waals surface area (Å²) in [5.74, 6) is 1.18. The van der Waals surface area contributed by atoms with Crippen molar-refractivity contribution in [2.75, 3.05) is 19.0 Å². The number of hydrogen-bond donors (Lipinski definition) is 2. The monoisotopic (exact) mass is 247 g/mol. The predicted octanol–water partition coefficient (Wildman–Crippen LogP) is 1.78. The summed E-state index contributed by atoms with van der Waals surface area (Å²) in [7, 11) is 0. The van der Waals surface area contributed by atoms with Crippen LogP contribution in [-0.2, 0) is 4.74 Å². The molecule has 0 aromatic rings. The molecule has 0 aromatic carbocycles. The van der Waals surface area contributed by atoms with Crippen LogP contribution in [0, 0.1) is 0 Å². The van der Waals surface area contributed by atoms with Crippen molar-refractivity contribution in [2.24, 2.45) is 5.73 Å². The third-order valence-electron chi connectivity index (χ3n) is 3.14. The van der Waals surface area contributed by atoms with E-state index in [9.17, 15) is 0 Å². The third-order valence-corrected chi connectivity index (χ3v) is 4.71. The molecule has 96 valence electrons. The Bertz CT molecular complexity index is 199. The molecule has 3 N–H and O–H groups in total. The summed E-state index contributed by atoms with van der Waals surface area (Å²) in [4.78, 5) is 0. The molecule has 0 bridgehead atoms. The molecule has 3 unspecified atom stereocenters. The summed E-state index contributed by atoms with van der Waals surface area (Å²) in [6.07, 6.45) is 4.79. The minimum Gasteiger partial charge on any atom is -0.394 e. The summed E-state index contributed by atoms with van der Waals surface area (Å²) in [6.45, 7) is 5.07. The van der Waals surface area contributed by atoms with Gasteiger partial charge in [-0.05, 0) is 38.9 Å². The van der Waals surface area contributed by atoms with Crippen LogP contribution in [0.1, 0.15) is 39.5 Å². The molecule has 1 rings (SSSR count). The molecule has 1 saturated heterocycles. The second kappa shape index (κ2) is 6.84. The van der Waals surface area contributed by atoms with Gasteiger partial charge in [0.15, 0.2) is 0 Å². The molecule has 3 atom stereocenters. The number of thioether (sulfide) groups is 1. The molecule has 0 radical (unpaired) electrons. The number of nitrogens with two attached hydrogens (primary N) is 1. The van der Waals surface area contributed by atoms with Crippen LogP contribution < -0.4 is 5.73 Å². The van der Waals surface area contributed by atoms with Gasteiger partial charge in [0.2, 0.25) is 0 Å². The number of aliphatic hydroxyl groups is 1. The van der Waals surface area contributed by atoms with E-state index in [2.05, 4.69) is 6.92 Å². The standard InChI is InChI=1S/C12H25NO2S/c1-10-11(5-7-15-10)16-8-4-3-6-12(2,13)9-14/h10-11,14H,3-9,13H2,1-2H3. The zero-order valence-corrected chi connectivity index (χ0v) is 11.3. The van der Waals surface area contributed by atoms with Crippen LogP contribution in [-0.4, -0.2) is 41.0 Å². The van der Waals surface area contributed by atoms with Gasteiger partial charge in [0.05, 0.1) is 12.7 Å². The van der Waals surface area contributed by atoms with Crippen LogP contribution in [0.25, 0.3) is 0 Å². The van der Waals surface area contributed by atoms with Gasteiger partial charge in [-0.2, -0.15) is 11.8 Å². The van der Waals surface area contributed by atoms with E-state index in [1.807, 2.05) is 18.7 Å². The highest BCUT2D eigenvalue weighted by Crippen LogP contribution is 2.27. The van der Waals surface area contributed by atoms with Crippen LogP contribution in [0.4, 0.5) is 0 Å². The molecule has 0 spiro atoms. The van der Waals surface area contributed by atoms with E-state index in [0.29, 0.717) is 11.4 Å². The van der Waals surface area contributed by atoms with E-state index in [0.717, 1.165) is 19.4 Å². The van der Waals surface area contributed by atoms with E-state index in [1.165, 1.54) is 18.6 Å². The summed E-state index contributed by atoms with van der Waals surface area (Å²) < 4.78 is 5.52. The SMILES string of the molecule is CC1OCCC1SCCCCC(C)(N)CO. The van der Waals surface area contributed by atoms with Crippen LogP contribution in [0.5, 0.6) is 0 Å². The Morgan fingerprint density at radius 1 is 1.50 bits per heavy atom. The third kappa shape index (κ3) is 5.04. The quantitative estimate of drug-likeness (QED) is 0.673. The lowest BCUT2D eigenvalue weighted by Gasteiger charge is -2.21. The van der Waals surface area contributed by atoms with Crippen molar-refractivity contribution >= 4 is 11.8 Å². The molecule has 0 amide bonds. The molecule has 1 aliphatic heterocycles. The van der Waals surface area contributed by atoms with E-state index in [4.69, 9.17) is 15.6 Å². The summed E-state index contributed by atoms with van der Waals surface area (Å²) in [6, 6.07) is 0. The summed E-state index contributed by atoms with van der Waals surface area (Å²) in [5, 5.41) is 9.69. The Morgan fingerprint density at radius 3 is 2.81 bits per heavy atom. The largest absolute Gasteiger partial charge is 0.394 e. The van der Waals surface area contributed by atoms with Crippen LogP contribution in [0.2, 0.25) is 0 Å². The first-order valence-electron chi connectivity index (χ1n) is 6.18. The fraction of sp³-hybridized carbons (Fsp3) is 1.00. The van der Waals surface area contributed by atoms with Gasteiger partial charge < -0.3 is 15.6 Å². The molecule has 4 heteroatoms. The first kappa shape index (κ1) is 14.3. The lowest BCUT2D eigenvalue weighted by Crippen LogP contribution is -2.39. The maximum atomic E-state index is 9.01. The van der Waals surface area contributed by atoms with Gasteiger partial charge in [-0.3, -0.25) is 0 Å². The van der Waals surface area contributed by atoms with Crippen molar-refractivity contribution in [3.8, 4) is 0 Å². The average Bonchev–Trinajstić information content (AvgIpc) is 2.64. The van der Waals surface area contributed by atoms with Gasteiger partial charge in [0, 0.05) is 17.4 Å². The Kier molecular flexibility index (Phi) is 6.11. The van der Waals surface area contributed by atoms with Crippen LogP contribution in [0.15, 0.2) is 0 Å². The van der Waals surface area contributed by atoms with Crippen LogP contribution in [0.3, 0.4) is 0 Å². The average molecular weight is 247 g/mol. The molecule has 1 fully saturated rings. The molecule has 1 aliphatic rings. The van der Waals surface area contributed by atoms with Gasteiger partial charge in [-0.15, -0.1) is 0 Å². The second-order valence-corrected chi connectivity index (χ2v) is 6.39. The van der Waals surface area contributed by atoms with Gasteiger partial charge >= 0.3 is 0 Å². The summed E-state index contributed by atoms with van der Waals surface area (Å²) in [5.41, 5.74) is 5.47. The lowest BCUT2D eigenvalue weighted by molar-refractivity contribution is 0.127. The van der Waals surface area contributed by atoms with Crippen molar-refractivity contribution < 1.29 is 9.84 Å². The molecular formula is C12H25NO2S. The fourth-order valence-electron chi connectivity index (χ4n) is 1.88. The Balaban J connectivity index is 2.00. The number of rotatable bonds is 7. The zero-order chi connectivity index (χ0) is 12.0. The number of unbranched alkanes of at least 4 members (excludes halogenated alkanes) is 1. The molecule has 3 nitrogen and oxygen atoms in total. The highest BCUT2D eigenvalue weighted by atomic mass is 32.2. The van der Waals surface area contributed by atoms with Gasteiger partial charge in [0.25, 0.3) is 0 Å². The van der Waals surface area contributed by atoms with Crippen LogP contribution >= 0.6 is 11.8 Å². The topological polar surface area (TPSA) is 55.5 Å². The van der Waals surface area contributed by atoms with E-state index in [-0.39, 0.29) is 6.61 Å². The van der Waals surface area contributed by atoms with Crippen molar-refractivity contribution in [1.82, 2.24) is 0 Å². The highest BCUT2D eigenvalue weighted by molar-refractivity contribution is 7.99. The van der Waals surface area contributed by atoms with Gasteiger partial charge in [0.1, 0.15) is 0 Å². The minimum atomic E-state index is -0.394. The molecule has 0 aromatic heterocycles. The second-order valence-electron chi connectivity index (χ2n) is 5.04. The predicted molar refractivity (Wildman–Crippen MR) is 69.8 cm³/mol. The van der Waals surface area contributed by atoms with Crippen molar-refractivity contribution in [3.05, 3.63) is 0 Å². The maximum absolute atomic E-state index is 9.01. The van der Waals surface area contributed by atoms with Gasteiger partial charge in [-0.1, -0.05) is 6.42 Å². The minimum absolute atomic E-state index is 0.0770. The highest BCUT2D eigenvalue weighted by Gasteiger charge is 2.24. The number of ether oxygens (including phenoxy) is 1.